The summed E-state index contributed by atoms with van der Waals surface area (Å²) in [6.45, 7) is 5.64. The Morgan fingerprint density at radius 2 is 1.89 bits per heavy atom. The molecule has 3 atom stereocenters. The van der Waals surface area contributed by atoms with Crippen LogP contribution in [0.25, 0.3) is 10.9 Å². The zero-order valence-electron chi connectivity index (χ0n) is 22.3. The number of benzene rings is 1. The second kappa shape index (κ2) is 9.82. The fraction of sp³-hybridized carbons (Fsp3) is 0.600. The monoisotopic (exact) mass is 505 g/mol. The van der Waals surface area contributed by atoms with Crippen molar-refractivity contribution in [2.45, 2.75) is 45.6 Å². The van der Waals surface area contributed by atoms with E-state index in [2.05, 4.69) is 28.4 Å². The van der Waals surface area contributed by atoms with Crippen LogP contribution in [0.2, 0.25) is 0 Å². The lowest BCUT2D eigenvalue weighted by Crippen LogP contribution is -2.38. The number of esters is 1. The smallest absolute Gasteiger partial charge is 0.309 e. The van der Waals surface area contributed by atoms with Gasteiger partial charge in [0.05, 0.1) is 26.7 Å². The molecule has 3 aliphatic carbocycles. The summed E-state index contributed by atoms with van der Waals surface area (Å²) < 4.78 is 16.6. The van der Waals surface area contributed by atoms with Gasteiger partial charge in [-0.25, -0.2) is 4.98 Å². The van der Waals surface area contributed by atoms with Crippen molar-refractivity contribution in [3.63, 3.8) is 0 Å². The van der Waals surface area contributed by atoms with Gasteiger partial charge in [-0.2, -0.15) is 0 Å². The quantitative estimate of drug-likeness (QED) is 0.390. The van der Waals surface area contributed by atoms with Crippen molar-refractivity contribution in [3.05, 3.63) is 35.9 Å². The van der Waals surface area contributed by atoms with E-state index in [9.17, 15) is 4.79 Å². The van der Waals surface area contributed by atoms with E-state index in [1.54, 1.807) is 14.2 Å². The Kier molecular flexibility index (Phi) is 6.51. The van der Waals surface area contributed by atoms with Gasteiger partial charge < -0.3 is 24.4 Å². The van der Waals surface area contributed by atoms with Crippen LogP contribution in [-0.4, -0.2) is 51.4 Å². The number of carbonyl (C=O) groups excluding carboxylic acids is 1. The van der Waals surface area contributed by atoms with Gasteiger partial charge in [0.2, 0.25) is 0 Å². The molecule has 2 saturated carbocycles. The number of hydrogen-bond acceptors (Lipinski definition) is 7. The van der Waals surface area contributed by atoms with Gasteiger partial charge in [0.15, 0.2) is 0 Å². The van der Waals surface area contributed by atoms with Gasteiger partial charge in [0.25, 0.3) is 0 Å². The Labute approximate surface area is 219 Å². The first-order chi connectivity index (χ1) is 18.1. The summed E-state index contributed by atoms with van der Waals surface area (Å²) in [7, 11) is 3.38. The number of carbonyl (C=O) groups is 1. The lowest BCUT2D eigenvalue weighted by molar-refractivity contribution is -0.148. The summed E-state index contributed by atoms with van der Waals surface area (Å²) in [5, 5.41) is 4.76. The van der Waals surface area contributed by atoms with Crippen LogP contribution < -0.4 is 19.7 Å². The van der Waals surface area contributed by atoms with Crippen molar-refractivity contribution in [1.82, 2.24) is 10.3 Å². The average molecular weight is 506 g/mol. The first-order valence-electron chi connectivity index (χ1n) is 13.9. The first kappa shape index (κ1) is 24.5. The highest BCUT2D eigenvalue weighted by molar-refractivity contribution is 5.92. The Morgan fingerprint density at radius 1 is 1.14 bits per heavy atom. The number of nitrogens with one attached hydrogen (secondary N) is 1. The molecule has 198 valence electrons. The molecule has 6 rings (SSSR count). The van der Waals surface area contributed by atoms with Crippen LogP contribution in [0.15, 0.2) is 30.4 Å². The molecule has 0 amide bonds. The van der Waals surface area contributed by atoms with Crippen molar-refractivity contribution in [1.29, 1.82) is 0 Å². The second-order valence-corrected chi connectivity index (χ2v) is 11.2. The van der Waals surface area contributed by atoms with Crippen LogP contribution in [0.5, 0.6) is 11.5 Å². The van der Waals surface area contributed by atoms with E-state index in [1.807, 2.05) is 19.1 Å². The summed E-state index contributed by atoms with van der Waals surface area (Å²) in [5.74, 6) is 4.69. The van der Waals surface area contributed by atoms with Crippen molar-refractivity contribution in [3.8, 4) is 11.5 Å². The molecule has 0 radical (unpaired) electrons. The minimum atomic E-state index is -0.0738. The van der Waals surface area contributed by atoms with Crippen LogP contribution in [0.1, 0.15) is 44.6 Å². The Morgan fingerprint density at radius 3 is 2.57 bits per heavy atom. The van der Waals surface area contributed by atoms with Crippen LogP contribution in [0, 0.1) is 29.1 Å². The summed E-state index contributed by atoms with van der Waals surface area (Å²) in [6, 6.07) is 6.08. The highest BCUT2D eigenvalue weighted by Gasteiger charge is 2.62. The minimum absolute atomic E-state index is 0.0338. The number of anilines is 1. The number of piperidine rings is 1. The number of methoxy groups -OCH3 is 2. The topological polar surface area (TPSA) is 72.9 Å². The summed E-state index contributed by atoms with van der Waals surface area (Å²) >= 11 is 0. The second-order valence-electron chi connectivity index (χ2n) is 11.2. The Hall–Kier alpha value is -2.80. The molecule has 1 spiro atoms. The van der Waals surface area contributed by atoms with Gasteiger partial charge in [0.1, 0.15) is 22.8 Å². The number of pyridine rings is 1. The van der Waals surface area contributed by atoms with Crippen LogP contribution in [-0.2, 0) is 16.1 Å². The van der Waals surface area contributed by atoms with Crippen molar-refractivity contribution < 1.29 is 19.0 Å². The number of hydrogen-bond donors (Lipinski definition) is 1. The number of fused-ring (bicyclic) bond motifs is 1. The third kappa shape index (κ3) is 4.25. The van der Waals surface area contributed by atoms with Crippen molar-refractivity contribution in [2.75, 3.05) is 45.4 Å². The zero-order chi connectivity index (χ0) is 25.6. The lowest BCUT2D eigenvalue weighted by Gasteiger charge is -2.33. The molecular weight excluding hydrogens is 466 g/mol. The molecule has 1 saturated heterocycles. The summed E-state index contributed by atoms with van der Waals surface area (Å²) in [6.07, 6.45) is 10.7. The predicted molar refractivity (Wildman–Crippen MR) is 144 cm³/mol. The molecule has 2 aromatic rings. The molecule has 37 heavy (non-hydrogen) atoms. The summed E-state index contributed by atoms with van der Waals surface area (Å²) in [4.78, 5) is 19.8. The van der Waals surface area contributed by atoms with Gasteiger partial charge in [-0.05, 0) is 86.9 Å². The number of allylic oxidation sites excluding steroid dienone is 2. The normalized spacial score (nSPS) is 25.7. The molecule has 0 unspecified atom stereocenters. The molecule has 1 aromatic heterocycles. The molecule has 2 heterocycles. The number of rotatable bonds is 9. The maximum absolute atomic E-state index is 12.3. The van der Waals surface area contributed by atoms with Gasteiger partial charge >= 0.3 is 5.97 Å². The largest absolute Gasteiger partial charge is 0.496 e. The first-order valence-corrected chi connectivity index (χ1v) is 13.9. The fourth-order valence-electron chi connectivity index (χ4n) is 7.32. The fourth-order valence-corrected chi connectivity index (χ4v) is 7.32. The van der Waals surface area contributed by atoms with Crippen molar-refractivity contribution in [2.24, 2.45) is 29.1 Å². The molecule has 3 fully saturated rings. The SMILES string of the molecule is CCOC(=O)C1CCN(c2nc3c(OC)ccc(OC)c3cc2CNC[C@@H]2C[C@H]3C=C[C@H]2C32CC2)CC1. The summed E-state index contributed by atoms with van der Waals surface area (Å²) in [5.41, 5.74) is 2.59. The predicted octanol–water partition coefficient (Wildman–Crippen LogP) is 4.72. The highest BCUT2D eigenvalue weighted by atomic mass is 16.5. The molecule has 2 bridgehead atoms. The molecule has 1 aromatic carbocycles. The standard InChI is InChI=1S/C30H39N3O4/c1-4-37-29(34)19-9-13-33(14-10-19)28-21(16-23-25(35-2)7-8-26(36-3)27(23)32-28)18-31-17-20-15-22-5-6-24(20)30(22)11-12-30/h5-8,16,19-20,22,24,31H,4,9-15,17-18H2,1-3H3/t20-,22+,24+/m0/s1. The van der Waals surface area contributed by atoms with Crippen LogP contribution in [0.3, 0.4) is 0 Å². The Balaban J connectivity index is 1.24. The van der Waals surface area contributed by atoms with Gasteiger partial charge in [-0.1, -0.05) is 12.2 Å². The number of ether oxygens (including phenoxy) is 3. The third-order valence-corrected chi connectivity index (χ3v) is 9.38. The maximum Gasteiger partial charge on any atom is 0.309 e. The molecule has 7 nitrogen and oxygen atoms in total. The molecule has 4 aliphatic rings. The van der Waals surface area contributed by atoms with E-state index in [1.165, 1.54) is 19.3 Å². The molecule has 1 N–H and O–H groups in total. The highest BCUT2D eigenvalue weighted by Crippen LogP contribution is 2.69. The lowest BCUT2D eigenvalue weighted by atomic mass is 9.89. The number of aromatic nitrogens is 1. The molecular formula is C30H39N3O4. The van der Waals surface area contributed by atoms with Gasteiger partial charge in [0, 0.05) is 30.6 Å². The van der Waals surface area contributed by atoms with Crippen LogP contribution in [0.4, 0.5) is 5.82 Å². The van der Waals surface area contributed by atoms with E-state index < -0.39 is 0 Å². The Bertz CT molecular complexity index is 1200. The molecule has 1 aliphatic heterocycles. The van der Waals surface area contributed by atoms with E-state index in [0.717, 1.165) is 90.6 Å². The zero-order valence-corrected chi connectivity index (χ0v) is 22.3. The van der Waals surface area contributed by atoms with E-state index in [0.29, 0.717) is 12.0 Å². The third-order valence-electron chi connectivity index (χ3n) is 9.38. The molecule has 7 heteroatoms. The van der Waals surface area contributed by atoms with Crippen molar-refractivity contribution >= 4 is 22.7 Å². The van der Waals surface area contributed by atoms with Gasteiger partial charge in [-0.3, -0.25) is 4.79 Å². The maximum atomic E-state index is 12.3. The average Bonchev–Trinajstić information content (AvgIpc) is 3.60. The van der Waals surface area contributed by atoms with E-state index >= 15 is 0 Å². The van der Waals surface area contributed by atoms with E-state index in [-0.39, 0.29) is 11.9 Å². The number of nitrogens with zero attached hydrogens (tertiary/aromatic N) is 2. The van der Waals surface area contributed by atoms with Crippen LogP contribution >= 0.6 is 0 Å². The van der Waals surface area contributed by atoms with Gasteiger partial charge in [-0.15, -0.1) is 0 Å². The van der Waals surface area contributed by atoms with E-state index in [4.69, 9.17) is 19.2 Å². The minimum Gasteiger partial charge on any atom is -0.496 e.